The number of fused-ring (bicyclic) bond motifs is 4. The number of hydrogen-bond acceptors (Lipinski definition) is 3. The normalized spacial score (nSPS) is 14.7. The maximum Gasteiger partial charge on any atom is 0.0545 e. The van der Waals surface area contributed by atoms with E-state index in [0.29, 0.717) is 0 Å². The molecule has 50 heavy (non-hydrogen) atoms. The molecule has 0 saturated carbocycles. The van der Waals surface area contributed by atoms with Gasteiger partial charge in [0.1, 0.15) is 0 Å². The predicted octanol–water partition coefficient (Wildman–Crippen LogP) is 12.5. The van der Waals surface area contributed by atoms with Gasteiger partial charge in [0.2, 0.25) is 0 Å². The van der Waals surface area contributed by atoms with E-state index in [1.807, 2.05) is 0 Å². The summed E-state index contributed by atoms with van der Waals surface area (Å²) in [7, 11) is 0. The van der Waals surface area contributed by atoms with Crippen LogP contribution < -0.4 is 16.4 Å². The SMILES string of the molecule is CC1(C)C2=C(CCC(N)=C2)c2cc3c(Nc4cccc(-c5ccccc5)c4)c4ccccc4c(Nc4cccc(-c5ccccc5)c4)c3cc21. The summed E-state index contributed by atoms with van der Waals surface area (Å²) in [5.41, 5.74) is 21.9. The lowest BCUT2D eigenvalue weighted by Crippen LogP contribution is -2.18. The van der Waals surface area contributed by atoms with Crippen LogP contribution >= 0.6 is 0 Å². The molecule has 2 aliphatic rings. The largest absolute Gasteiger partial charge is 0.402 e. The summed E-state index contributed by atoms with van der Waals surface area (Å²) in [4.78, 5) is 0. The quantitative estimate of drug-likeness (QED) is 0.125. The third-order valence-electron chi connectivity index (χ3n) is 10.6. The Balaban J connectivity index is 1.27. The highest BCUT2D eigenvalue weighted by Crippen LogP contribution is 2.54. The first-order chi connectivity index (χ1) is 24.4. The summed E-state index contributed by atoms with van der Waals surface area (Å²) in [6.07, 6.45) is 4.10. The predicted molar refractivity (Wildman–Crippen MR) is 213 cm³/mol. The highest BCUT2D eigenvalue weighted by atomic mass is 14.9. The molecular formula is C47H39N3. The molecule has 7 aromatic carbocycles. The molecule has 0 atom stereocenters. The topological polar surface area (TPSA) is 50.1 Å². The Morgan fingerprint density at radius 2 is 1.00 bits per heavy atom. The molecule has 0 bridgehead atoms. The van der Waals surface area contributed by atoms with Crippen LogP contribution in [0.4, 0.5) is 22.7 Å². The van der Waals surface area contributed by atoms with Gasteiger partial charge in [0.05, 0.1) is 11.4 Å². The molecule has 0 unspecified atom stereocenters. The second-order valence-corrected chi connectivity index (χ2v) is 14.1. The van der Waals surface area contributed by atoms with E-state index in [4.69, 9.17) is 5.73 Å². The summed E-state index contributed by atoms with van der Waals surface area (Å²) in [5, 5.41) is 12.6. The standard InChI is InChI=1S/C47H39N3/c1-47(2)43-27-34(48)23-24-37(43)40-28-41-42(29-44(40)47)46(50-36-20-12-18-33(26-36)31-15-7-4-8-16-31)39-22-10-9-21-38(39)45(41)49-35-19-11-17-32(25-35)30-13-5-3-6-14-30/h3-22,25-29,49-50H,23-24,48H2,1-2H3. The third-order valence-corrected chi connectivity index (χ3v) is 10.6. The van der Waals surface area contributed by atoms with E-state index in [0.717, 1.165) is 41.3 Å². The number of anilines is 4. The van der Waals surface area contributed by atoms with E-state index in [1.165, 1.54) is 66.1 Å². The van der Waals surface area contributed by atoms with Crippen molar-refractivity contribution < 1.29 is 0 Å². The fraction of sp³-hybridized carbons (Fsp3) is 0.106. The zero-order valence-corrected chi connectivity index (χ0v) is 28.4. The molecule has 0 spiro atoms. The molecule has 0 fully saturated rings. The first-order valence-electron chi connectivity index (χ1n) is 17.5. The number of nitrogens with one attached hydrogen (secondary N) is 2. The van der Waals surface area contributed by atoms with Gasteiger partial charge in [-0.1, -0.05) is 123 Å². The van der Waals surface area contributed by atoms with Crippen LogP contribution in [0.3, 0.4) is 0 Å². The molecule has 3 heteroatoms. The Bertz CT molecular complexity index is 2500. The van der Waals surface area contributed by atoms with Crippen LogP contribution in [0.15, 0.2) is 163 Å². The molecule has 0 aliphatic heterocycles. The van der Waals surface area contributed by atoms with Gasteiger partial charge in [-0.05, 0) is 99.8 Å². The molecular weight excluding hydrogens is 607 g/mol. The average molecular weight is 646 g/mol. The fourth-order valence-corrected chi connectivity index (χ4v) is 8.09. The maximum atomic E-state index is 6.45. The second-order valence-electron chi connectivity index (χ2n) is 14.1. The minimum absolute atomic E-state index is 0.155. The first-order valence-corrected chi connectivity index (χ1v) is 17.5. The zero-order valence-electron chi connectivity index (χ0n) is 28.4. The summed E-state index contributed by atoms with van der Waals surface area (Å²) in [6.45, 7) is 4.70. The van der Waals surface area contributed by atoms with E-state index in [9.17, 15) is 0 Å². The summed E-state index contributed by atoms with van der Waals surface area (Å²) in [6, 6.07) is 52.3. The number of allylic oxidation sites excluding steroid dienone is 4. The Morgan fingerprint density at radius 1 is 0.500 bits per heavy atom. The molecule has 4 N–H and O–H groups in total. The van der Waals surface area contributed by atoms with E-state index in [2.05, 4.69) is 176 Å². The molecule has 9 rings (SSSR count). The van der Waals surface area contributed by atoms with Crippen LogP contribution in [-0.4, -0.2) is 0 Å². The van der Waals surface area contributed by atoms with Gasteiger partial charge in [-0.25, -0.2) is 0 Å². The van der Waals surface area contributed by atoms with Crippen molar-refractivity contribution in [2.45, 2.75) is 32.1 Å². The molecule has 0 heterocycles. The lowest BCUT2D eigenvalue weighted by Gasteiger charge is -2.26. The van der Waals surface area contributed by atoms with Crippen molar-refractivity contribution in [2.24, 2.45) is 5.73 Å². The van der Waals surface area contributed by atoms with Crippen molar-refractivity contribution in [3.8, 4) is 22.3 Å². The van der Waals surface area contributed by atoms with Crippen molar-refractivity contribution in [1.82, 2.24) is 0 Å². The molecule has 2 aliphatic carbocycles. The van der Waals surface area contributed by atoms with Crippen molar-refractivity contribution in [3.63, 3.8) is 0 Å². The van der Waals surface area contributed by atoms with E-state index in [1.54, 1.807) is 0 Å². The van der Waals surface area contributed by atoms with Crippen LogP contribution in [0.2, 0.25) is 0 Å². The average Bonchev–Trinajstić information content (AvgIpc) is 3.37. The Labute approximate surface area is 293 Å². The van der Waals surface area contributed by atoms with Crippen molar-refractivity contribution in [3.05, 3.63) is 174 Å². The van der Waals surface area contributed by atoms with Gasteiger partial charge >= 0.3 is 0 Å². The molecule has 0 aromatic heterocycles. The van der Waals surface area contributed by atoms with Crippen molar-refractivity contribution in [1.29, 1.82) is 0 Å². The lowest BCUT2D eigenvalue weighted by molar-refractivity contribution is 0.650. The molecule has 242 valence electrons. The molecule has 3 nitrogen and oxygen atoms in total. The zero-order chi connectivity index (χ0) is 33.8. The van der Waals surface area contributed by atoms with Crippen LogP contribution in [0, 0.1) is 0 Å². The Kier molecular flexibility index (Phi) is 7.10. The number of rotatable bonds is 6. The highest BCUT2D eigenvalue weighted by molar-refractivity contribution is 6.22. The fourth-order valence-electron chi connectivity index (χ4n) is 8.09. The maximum absolute atomic E-state index is 6.45. The molecule has 0 saturated heterocycles. The van der Waals surface area contributed by atoms with Gasteiger partial charge in [-0.15, -0.1) is 0 Å². The Morgan fingerprint density at radius 3 is 1.56 bits per heavy atom. The minimum Gasteiger partial charge on any atom is -0.402 e. The molecule has 7 aromatic rings. The molecule has 0 amide bonds. The van der Waals surface area contributed by atoms with Gasteiger partial charge in [0.25, 0.3) is 0 Å². The van der Waals surface area contributed by atoms with Crippen molar-refractivity contribution >= 4 is 49.9 Å². The summed E-state index contributed by atoms with van der Waals surface area (Å²) in [5.74, 6) is 0. The van der Waals surface area contributed by atoms with Crippen LogP contribution in [0.25, 0.3) is 49.4 Å². The van der Waals surface area contributed by atoms with Crippen LogP contribution in [0.5, 0.6) is 0 Å². The first kappa shape index (κ1) is 30.0. The molecule has 0 radical (unpaired) electrons. The number of nitrogens with two attached hydrogens (primary N) is 1. The number of benzene rings is 7. The summed E-state index contributed by atoms with van der Waals surface area (Å²) >= 11 is 0. The minimum atomic E-state index is -0.155. The monoisotopic (exact) mass is 645 g/mol. The highest BCUT2D eigenvalue weighted by Gasteiger charge is 2.38. The third kappa shape index (κ3) is 5.05. The van der Waals surface area contributed by atoms with Crippen LogP contribution in [-0.2, 0) is 5.41 Å². The summed E-state index contributed by atoms with van der Waals surface area (Å²) < 4.78 is 0. The van der Waals surface area contributed by atoms with Crippen LogP contribution in [0.1, 0.15) is 37.8 Å². The number of hydrogen-bond donors (Lipinski definition) is 3. The van der Waals surface area contributed by atoms with E-state index in [-0.39, 0.29) is 5.41 Å². The smallest absolute Gasteiger partial charge is 0.0545 e. The Hall–Kier alpha value is -6.06. The van der Waals surface area contributed by atoms with Gasteiger partial charge < -0.3 is 16.4 Å². The van der Waals surface area contributed by atoms with Gasteiger partial charge in [0.15, 0.2) is 0 Å². The van der Waals surface area contributed by atoms with Gasteiger partial charge in [-0.3, -0.25) is 0 Å². The van der Waals surface area contributed by atoms with Gasteiger partial charge in [-0.2, -0.15) is 0 Å². The van der Waals surface area contributed by atoms with Crippen molar-refractivity contribution in [2.75, 3.05) is 10.6 Å². The second kappa shape index (κ2) is 11.8. The van der Waals surface area contributed by atoms with Gasteiger partial charge in [0, 0.05) is 44.0 Å². The van der Waals surface area contributed by atoms with E-state index >= 15 is 0 Å². The van der Waals surface area contributed by atoms with E-state index < -0.39 is 0 Å². The lowest BCUT2D eigenvalue weighted by atomic mass is 9.79.